The summed E-state index contributed by atoms with van der Waals surface area (Å²) in [5, 5.41) is 9.85. The molecule has 0 unspecified atom stereocenters. The van der Waals surface area contributed by atoms with Crippen molar-refractivity contribution in [1.29, 1.82) is 0 Å². The van der Waals surface area contributed by atoms with E-state index in [1.165, 1.54) is 5.57 Å². The molecule has 192 valence electrons. The van der Waals surface area contributed by atoms with Gasteiger partial charge in [-0.15, -0.1) is 0 Å². The highest BCUT2D eigenvalue weighted by Crippen LogP contribution is 2.40. The molecule has 3 aromatic rings. The number of aryl methyl sites for hydroxylation is 1. The molecule has 1 fully saturated rings. The number of carbonyl (C=O) groups excluding carboxylic acids is 1. The Morgan fingerprint density at radius 2 is 1.78 bits per heavy atom. The smallest absolute Gasteiger partial charge is 0.248 e. The van der Waals surface area contributed by atoms with Gasteiger partial charge in [-0.2, -0.15) is 0 Å². The highest BCUT2D eigenvalue weighted by molar-refractivity contribution is 6.01. The number of amides is 1. The first-order valence-corrected chi connectivity index (χ1v) is 13.0. The number of aromatic hydroxyl groups is 1. The van der Waals surface area contributed by atoms with Crippen LogP contribution >= 0.6 is 0 Å². The van der Waals surface area contributed by atoms with Gasteiger partial charge in [0.05, 0.1) is 6.67 Å². The van der Waals surface area contributed by atoms with Crippen molar-refractivity contribution in [3.8, 4) is 11.5 Å². The van der Waals surface area contributed by atoms with E-state index in [0.29, 0.717) is 12.0 Å². The number of allylic oxidation sites excluding steroid dienone is 1. The van der Waals surface area contributed by atoms with E-state index in [2.05, 4.69) is 17.0 Å². The molecule has 1 amide bonds. The lowest BCUT2D eigenvalue weighted by molar-refractivity contribution is 0.1000. The molecular formula is C31H33FN2O3. The first kappa shape index (κ1) is 25.0. The molecule has 2 aliphatic rings. The second-order valence-electron chi connectivity index (χ2n) is 9.89. The third kappa shape index (κ3) is 5.70. The zero-order valence-electron chi connectivity index (χ0n) is 21.0. The Kier molecular flexibility index (Phi) is 7.56. The van der Waals surface area contributed by atoms with Crippen LogP contribution < -0.4 is 10.5 Å². The van der Waals surface area contributed by atoms with Crippen molar-refractivity contribution in [2.24, 2.45) is 5.73 Å². The van der Waals surface area contributed by atoms with Crippen molar-refractivity contribution in [3.05, 3.63) is 94.5 Å². The lowest BCUT2D eigenvalue weighted by Crippen LogP contribution is -2.26. The number of likely N-dealkylation sites (tertiary alicyclic amines) is 1. The number of phenols is 1. The fourth-order valence-corrected chi connectivity index (χ4v) is 5.49. The number of hydrogen-bond acceptors (Lipinski definition) is 4. The van der Waals surface area contributed by atoms with Gasteiger partial charge in [0.2, 0.25) is 5.91 Å². The van der Waals surface area contributed by atoms with E-state index in [0.717, 1.165) is 78.9 Å². The van der Waals surface area contributed by atoms with Gasteiger partial charge in [0, 0.05) is 25.2 Å². The molecule has 0 radical (unpaired) electrons. The number of hydrogen-bond donors (Lipinski definition) is 2. The molecule has 0 spiro atoms. The molecule has 1 saturated heterocycles. The standard InChI is InChI=1S/C31H33FN2O3/c32-16-2-17-34-18-15-27(20-34)37-26-12-7-22(8-13-26)30-28(21-5-10-25(35)11-6-21)4-1-3-23-19-24(31(33)36)9-14-29(23)30/h5-14,19,27,35H,1-4,15-18,20H2,(H2,33,36)/t27-/m0/s1. The molecule has 6 heteroatoms. The van der Waals surface area contributed by atoms with Crippen LogP contribution in [0.25, 0.3) is 11.1 Å². The third-order valence-electron chi connectivity index (χ3n) is 7.33. The normalized spacial score (nSPS) is 17.9. The summed E-state index contributed by atoms with van der Waals surface area (Å²) in [5.41, 5.74) is 12.8. The molecule has 1 aliphatic heterocycles. The van der Waals surface area contributed by atoms with Gasteiger partial charge >= 0.3 is 0 Å². The van der Waals surface area contributed by atoms with Crippen molar-refractivity contribution in [2.45, 2.75) is 38.2 Å². The lowest BCUT2D eigenvalue weighted by Gasteiger charge is -2.19. The Balaban J connectivity index is 1.48. The molecule has 37 heavy (non-hydrogen) atoms. The van der Waals surface area contributed by atoms with Crippen LogP contribution in [0.4, 0.5) is 4.39 Å². The van der Waals surface area contributed by atoms with Gasteiger partial charge in [0.15, 0.2) is 0 Å². The van der Waals surface area contributed by atoms with Gasteiger partial charge in [0.1, 0.15) is 17.6 Å². The fourth-order valence-electron chi connectivity index (χ4n) is 5.49. The van der Waals surface area contributed by atoms with Gasteiger partial charge < -0.3 is 15.6 Å². The summed E-state index contributed by atoms with van der Waals surface area (Å²) in [5.74, 6) is 0.640. The van der Waals surface area contributed by atoms with E-state index >= 15 is 0 Å². The molecule has 3 aromatic carbocycles. The van der Waals surface area contributed by atoms with E-state index in [4.69, 9.17) is 10.5 Å². The first-order chi connectivity index (χ1) is 18.0. The van der Waals surface area contributed by atoms with Crippen molar-refractivity contribution in [2.75, 3.05) is 26.3 Å². The Hall–Kier alpha value is -3.64. The maximum Gasteiger partial charge on any atom is 0.248 e. The van der Waals surface area contributed by atoms with Crippen LogP contribution in [0.15, 0.2) is 66.7 Å². The van der Waals surface area contributed by atoms with Crippen LogP contribution in [0.3, 0.4) is 0 Å². The minimum atomic E-state index is -0.423. The first-order valence-electron chi connectivity index (χ1n) is 13.0. The SMILES string of the molecule is NC(=O)c1ccc2c(c1)CCCC(c1ccc(O)cc1)=C2c1ccc(O[C@H]2CCN(CCCF)C2)cc1. The Morgan fingerprint density at radius 3 is 2.51 bits per heavy atom. The van der Waals surface area contributed by atoms with Crippen LogP contribution in [0.2, 0.25) is 0 Å². The average molecular weight is 501 g/mol. The van der Waals surface area contributed by atoms with E-state index in [1.807, 2.05) is 36.4 Å². The van der Waals surface area contributed by atoms with E-state index in [1.54, 1.807) is 18.2 Å². The molecule has 5 rings (SSSR count). The van der Waals surface area contributed by atoms with Gasteiger partial charge in [-0.25, -0.2) is 0 Å². The Bertz CT molecular complexity index is 1280. The summed E-state index contributed by atoms with van der Waals surface area (Å²) in [6.45, 7) is 2.27. The van der Waals surface area contributed by atoms with Gasteiger partial charge in [-0.05, 0) is 102 Å². The highest BCUT2D eigenvalue weighted by Gasteiger charge is 2.24. The van der Waals surface area contributed by atoms with Gasteiger partial charge in [0.25, 0.3) is 0 Å². The monoisotopic (exact) mass is 500 g/mol. The van der Waals surface area contributed by atoms with Crippen molar-refractivity contribution in [3.63, 3.8) is 0 Å². The summed E-state index contributed by atoms with van der Waals surface area (Å²) >= 11 is 0. The number of halogens is 1. The molecule has 0 saturated carbocycles. The zero-order chi connectivity index (χ0) is 25.8. The third-order valence-corrected chi connectivity index (χ3v) is 7.33. The summed E-state index contributed by atoms with van der Waals surface area (Å²) in [7, 11) is 0. The predicted molar refractivity (Wildman–Crippen MR) is 144 cm³/mol. The number of fused-ring (bicyclic) bond motifs is 1. The van der Waals surface area contributed by atoms with Gasteiger partial charge in [-0.1, -0.05) is 30.3 Å². The number of benzene rings is 3. The largest absolute Gasteiger partial charge is 0.508 e. The maximum atomic E-state index is 12.5. The molecule has 0 bridgehead atoms. The number of carbonyl (C=O) groups is 1. The van der Waals surface area contributed by atoms with Crippen LogP contribution in [-0.2, 0) is 6.42 Å². The lowest BCUT2D eigenvalue weighted by atomic mass is 9.87. The topological polar surface area (TPSA) is 75.8 Å². The van der Waals surface area contributed by atoms with Crippen LogP contribution in [0.5, 0.6) is 11.5 Å². The molecular weight excluding hydrogens is 467 g/mol. The Labute approximate surface area is 217 Å². The van der Waals surface area contributed by atoms with Crippen LogP contribution in [-0.4, -0.2) is 48.3 Å². The van der Waals surface area contributed by atoms with E-state index in [9.17, 15) is 14.3 Å². The van der Waals surface area contributed by atoms with Crippen LogP contribution in [0.1, 0.15) is 58.3 Å². The van der Waals surface area contributed by atoms with E-state index in [-0.39, 0.29) is 18.5 Å². The average Bonchev–Trinajstić information content (AvgIpc) is 3.26. The van der Waals surface area contributed by atoms with Crippen LogP contribution in [0, 0.1) is 0 Å². The number of nitrogens with zero attached hydrogens (tertiary/aromatic N) is 1. The summed E-state index contributed by atoms with van der Waals surface area (Å²) < 4.78 is 18.8. The van der Waals surface area contributed by atoms with Crippen molar-refractivity contribution >= 4 is 17.1 Å². The number of ether oxygens (including phenoxy) is 1. The van der Waals surface area contributed by atoms with Crippen molar-refractivity contribution in [1.82, 2.24) is 4.90 Å². The number of alkyl halides is 1. The Morgan fingerprint density at radius 1 is 1.03 bits per heavy atom. The molecule has 1 aliphatic carbocycles. The molecule has 0 aromatic heterocycles. The second-order valence-corrected chi connectivity index (χ2v) is 9.89. The molecule has 5 nitrogen and oxygen atoms in total. The van der Waals surface area contributed by atoms with Crippen molar-refractivity contribution < 1.29 is 19.0 Å². The molecule has 1 atom stereocenters. The number of primary amides is 1. The summed E-state index contributed by atoms with van der Waals surface area (Å²) in [6.07, 6.45) is 4.29. The quantitative estimate of drug-likeness (QED) is 0.422. The number of rotatable bonds is 8. The fraction of sp³-hybridized carbons (Fsp3) is 0.323. The minimum absolute atomic E-state index is 0.114. The molecule has 1 heterocycles. The second kappa shape index (κ2) is 11.2. The summed E-state index contributed by atoms with van der Waals surface area (Å²) in [4.78, 5) is 14.1. The molecule has 3 N–H and O–H groups in total. The van der Waals surface area contributed by atoms with Gasteiger partial charge in [-0.3, -0.25) is 14.1 Å². The zero-order valence-corrected chi connectivity index (χ0v) is 21.0. The predicted octanol–water partition coefficient (Wildman–Crippen LogP) is 5.60. The number of phenolic OH excluding ortho intramolecular Hbond substituents is 1. The maximum absolute atomic E-state index is 12.5. The highest BCUT2D eigenvalue weighted by atomic mass is 19.1. The minimum Gasteiger partial charge on any atom is -0.508 e. The summed E-state index contributed by atoms with van der Waals surface area (Å²) in [6, 6.07) is 21.3. The number of nitrogens with two attached hydrogens (primary N) is 1. The van der Waals surface area contributed by atoms with E-state index < -0.39 is 5.91 Å².